The van der Waals surface area contributed by atoms with Gasteiger partial charge in [-0.25, -0.2) is 12.7 Å². The molecule has 1 aliphatic heterocycles. The molecule has 0 radical (unpaired) electrons. The Hall–Kier alpha value is -1.54. The average molecular weight is 356 g/mol. The van der Waals surface area contributed by atoms with Gasteiger partial charge in [-0.15, -0.1) is 0 Å². The Balaban J connectivity index is 1.80. The highest BCUT2D eigenvalue weighted by Gasteiger charge is 2.27. The van der Waals surface area contributed by atoms with Crippen LogP contribution < -0.4 is 10.6 Å². The number of piperidine rings is 1. The Bertz CT molecular complexity index is 645. The van der Waals surface area contributed by atoms with Crippen molar-refractivity contribution < 1.29 is 8.42 Å². The monoisotopic (exact) mass is 355 g/mol. The van der Waals surface area contributed by atoms with Crippen LogP contribution in [-0.4, -0.2) is 55.2 Å². The lowest BCUT2D eigenvalue weighted by molar-refractivity contribution is 0.306. The van der Waals surface area contributed by atoms with E-state index in [0.29, 0.717) is 26.1 Å². The van der Waals surface area contributed by atoms with E-state index in [1.807, 2.05) is 26.2 Å². The Labute approximate surface area is 145 Å². The standard InChI is InChI=1S/C16H29N5O2S/c1-4-12-24(22,23)21-10-7-14(8-11-21)19-16(17-2)18-13-15-6-5-9-20(15)3/h5-6,9,14H,4,7-8,10-13H2,1-3H3,(H2,17,18,19). The van der Waals surface area contributed by atoms with Crippen molar-refractivity contribution in [1.29, 1.82) is 0 Å². The third kappa shape index (κ3) is 4.98. The van der Waals surface area contributed by atoms with E-state index < -0.39 is 10.0 Å². The van der Waals surface area contributed by atoms with Gasteiger partial charge in [0, 0.05) is 45.1 Å². The number of nitrogens with one attached hydrogen (secondary N) is 2. The Kier molecular flexibility index (Phi) is 6.68. The minimum absolute atomic E-state index is 0.241. The van der Waals surface area contributed by atoms with E-state index in [1.54, 1.807) is 11.4 Å². The normalized spacial score (nSPS) is 17.9. The summed E-state index contributed by atoms with van der Waals surface area (Å²) in [5.41, 5.74) is 1.18. The SMILES string of the molecule is CCCS(=O)(=O)N1CCC(NC(=NC)NCc2cccn2C)CC1. The van der Waals surface area contributed by atoms with Gasteiger partial charge in [0.1, 0.15) is 0 Å². The summed E-state index contributed by atoms with van der Waals surface area (Å²) < 4.78 is 27.9. The smallest absolute Gasteiger partial charge is 0.214 e. The van der Waals surface area contributed by atoms with E-state index in [4.69, 9.17) is 0 Å². The molecule has 0 aromatic carbocycles. The summed E-state index contributed by atoms with van der Waals surface area (Å²) in [6, 6.07) is 4.33. The second-order valence-corrected chi connectivity index (χ2v) is 8.26. The van der Waals surface area contributed by atoms with Gasteiger partial charge in [-0.3, -0.25) is 4.99 Å². The zero-order valence-corrected chi connectivity index (χ0v) is 15.6. The van der Waals surface area contributed by atoms with Crippen molar-refractivity contribution in [2.45, 2.75) is 38.8 Å². The predicted molar refractivity (Wildman–Crippen MR) is 97.4 cm³/mol. The highest BCUT2D eigenvalue weighted by molar-refractivity contribution is 7.89. The highest BCUT2D eigenvalue weighted by atomic mass is 32.2. The van der Waals surface area contributed by atoms with Gasteiger partial charge < -0.3 is 15.2 Å². The Morgan fingerprint density at radius 3 is 2.62 bits per heavy atom. The highest BCUT2D eigenvalue weighted by Crippen LogP contribution is 2.15. The zero-order valence-electron chi connectivity index (χ0n) is 14.8. The molecule has 0 saturated carbocycles. The quantitative estimate of drug-likeness (QED) is 0.587. The summed E-state index contributed by atoms with van der Waals surface area (Å²) in [7, 11) is 0.686. The molecule has 136 valence electrons. The van der Waals surface area contributed by atoms with Crippen molar-refractivity contribution in [2.24, 2.45) is 12.0 Å². The van der Waals surface area contributed by atoms with Crippen molar-refractivity contribution in [3.8, 4) is 0 Å². The average Bonchev–Trinajstić information content (AvgIpc) is 2.97. The number of aromatic nitrogens is 1. The predicted octanol–water partition coefficient (Wildman–Crippen LogP) is 0.894. The van der Waals surface area contributed by atoms with Crippen molar-refractivity contribution in [3.63, 3.8) is 0 Å². The molecular formula is C16H29N5O2S. The summed E-state index contributed by atoms with van der Waals surface area (Å²) in [5, 5.41) is 6.71. The summed E-state index contributed by atoms with van der Waals surface area (Å²) in [5.74, 6) is 0.997. The Morgan fingerprint density at radius 1 is 1.38 bits per heavy atom. The van der Waals surface area contributed by atoms with E-state index in [-0.39, 0.29) is 11.8 Å². The summed E-state index contributed by atoms with van der Waals surface area (Å²) in [6.45, 7) is 3.75. The first-order chi connectivity index (χ1) is 11.5. The third-order valence-corrected chi connectivity index (χ3v) is 6.44. The number of guanidine groups is 1. The van der Waals surface area contributed by atoms with Crippen LogP contribution in [0.3, 0.4) is 0 Å². The molecule has 0 unspecified atom stereocenters. The van der Waals surface area contributed by atoms with Gasteiger partial charge in [-0.2, -0.15) is 0 Å². The second kappa shape index (κ2) is 8.53. The molecule has 8 heteroatoms. The van der Waals surface area contributed by atoms with Crippen LogP contribution in [0.4, 0.5) is 0 Å². The number of aliphatic imine (C=N–C) groups is 1. The van der Waals surface area contributed by atoms with Gasteiger partial charge in [0.25, 0.3) is 0 Å². The molecular weight excluding hydrogens is 326 g/mol. The fourth-order valence-corrected chi connectivity index (χ4v) is 4.45. The van der Waals surface area contributed by atoms with Crippen LogP contribution >= 0.6 is 0 Å². The van der Waals surface area contributed by atoms with Gasteiger partial charge in [0.05, 0.1) is 12.3 Å². The maximum Gasteiger partial charge on any atom is 0.214 e. The van der Waals surface area contributed by atoms with Crippen molar-refractivity contribution in [1.82, 2.24) is 19.5 Å². The van der Waals surface area contributed by atoms with Gasteiger partial charge >= 0.3 is 0 Å². The number of sulfonamides is 1. The van der Waals surface area contributed by atoms with Crippen molar-refractivity contribution in [3.05, 3.63) is 24.0 Å². The zero-order chi connectivity index (χ0) is 17.6. The van der Waals surface area contributed by atoms with Gasteiger partial charge in [-0.1, -0.05) is 6.92 Å². The van der Waals surface area contributed by atoms with E-state index in [2.05, 4.69) is 26.3 Å². The van der Waals surface area contributed by atoms with Crippen molar-refractivity contribution >= 4 is 16.0 Å². The third-order valence-electron chi connectivity index (χ3n) is 4.36. The van der Waals surface area contributed by atoms with Crippen LogP contribution in [-0.2, 0) is 23.6 Å². The molecule has 2 N–H and O–H groups in total. The molecule has 1 aromatic rings. The van der Waals surface area contributed by atoms with Crippen LogP contribution in [0.15, 0.2) is 23.3 Å². The van der Waals surface area contributed by atoms with E-state index in [1.165, 1.54) is 5.69 Å². The number of aryl methyl sites for hydroxylation is 1. The first-order valence-electron chi connectivity index (χ1n) is 8.51. The van der Waals surface area contributed by atoms with Crippen molar-refractivity contribution in [2.75, 3.05) is 25.9 Å². The van der Waals surface area contributed by atoms with Crippen LogP contribution in [0, 0.1) is 0 Å². The number of rotatable bonds is 6. The molecule has 0 spiro atoms. The molecule has 0 amide bonds. The molecule has 2 rings (SSSR count). The molecule has 0 bridgehead atoms. The minimum atomic E-state index is -3.08. The lowest BCUT2D eigenvalue weighted by atomic mass is 10.1. The summed E-state index contributed by atoms with van der Waals surface area (Å²) >= 11 is 0. The second-order valence-electron chi connectivity index (χ2n) is 6.17. The molecule has 0 aliphatic carbocycles. The summed E-state index contributed by atoms with van der Waals surface area (Å²) in [6.07, 6.45) is 4.28. The molecule has 1 fully saturated rings. The molecule has 1 aliphatic rings. The first kappa shape index (κ1) is 18.8. The molecule has 24 heavy (non-hydrogen) atoms. The fourth-order valence-electron chi connectivity index (χ4n) is 2.91. The largest absolute Gasteiger partial charge is 0.354 e. The lowest BCUT2D eigenvalue weighted by Gasteiger charge is -2.32. The minimum Gasteiger partial charge on any atom is -0.354 e. The van der Waals surface area contributed by atoms with Crippen LogP contribution in [0.5, 0.6) is 0 Å². The van der Waals surface area contributed by atoms with E-state index in [9.17, 15) is 8.42 Å². The lowest BCUT2D eigenvalue weighted by Crippen LogP contribution is -2.49. The van der Waals surface area contributed by atoms with Gasteiger partial charge in [0.2, 0.25) is 10.0 Å². The maximum absolute atomic E-state index is 12.1. The molecule has 0 atom stereocenters. The maximum atomic E-state index is 12.1. The van der Waals surface area contributed by atoms with Crippen LogP contribution in [0.2, 0.25) is 0 Å². The summed E-state index contributed by atoms with van der Waals surface area (Å²) in [4.78, 5) is 4.26. The number of hydrogen-bond donors (Lipinski definition) is 2. The molecule has 2 heterocycles. The number of hydrogen-bond acceptors (Lipinski definition) is 3. The van der Waals surface area contributed by atoms with E-state index >= 15 is 0 Å². The molecule has 7 nitrogen and oxygen atoms in total. The number of nitrogens with zero attached hydrogens (tertiary/aromatic N) is 3. The Morgan fingerprint density at radius 2 is 2.08 bits per heavy atom. The van der Waals surface area contributed by atoms with Gasteiger partial charge in [-0.05, 0) is 31.4 Å². The first-order valence-corrected chi connectivity index (χ1v) is 10.1. The van der Waals surface area contributed by atoms with E-state index in [0.717, 1.165) is 18.8 Å². The topological polar surface area (TPSA) is 78.7 Å². The van der Waals surface area contributed by atoms with Crippen LogP contribution in [0.25, 0.3) is 0 Å². The van der Waals surface area contributed by atoms with Crippen LogP contribution in [0.1, 0.15) is 31.9 Å². The molecule has 1 aromatic heterocycles. The van der Waals surface area contributed by atoms with Gasteiger partial charge in [0.15, 0.2) is 5.96 Å². The molecule has 1 saturated heterocycles. The fraction of sp³-hybridized carbons (Fsp3) is 0.688.